The number of nitrogens with one attached hydrogen (secondary N) is 1. The minimum Gasteiger partial charge on any atom is -0.347 e. The summed E-state index contributed by atoms with van der Waals surface area (Å²) >= 11 is 5.09. The Kier molecular flexibility index (Phi) is 3.85. The SMILES string of the molecule is O=C(NCc1sccc1Br)c1ccc2ccccc2c1. The number of hydrogen-bond donors (Lipinski definition) is 1. The van der Waals surface area contributed by atoms with Crippen LogP contribution in [0.4, 0.5) is 0 Å². The first-order chi connectivity index (χ1) is 9.74. The van der Waals surface area contributed by atoms with E-state index in [2.05, 4.69) is 21.2 Å². The van der Waals surface area contributed by atoms with Crippen LogP contribution in [0.5, 0.6) is 0 Å². The van der Waals surface area contributed by atoms with Crippen molar-refractivity contribution in [2.45, 2.75) is 6.54 Å². The zero-order chi connectivity index (χ0) is 13.9. The van der Waals surface area contributed by atoms with Gasteiger partial charge in [-0.1, -0.05) is 30.3 Å². The second-order valence-electron chi connectivity index (χ2n) is 4.44. The molecule has 1 heterocycles. The molecule has 1 aromatic heterocycles. The second kappa shape index (κ2) is 5.77. The van der Waals surface area contributed by atoms with Crippen molar-refractivity contribution in [2.75, 3.05) is 0 Å². The van der Waals surface area contributed by atoms with Crippen molar-refractivity contribution in [1.82, 2.24) is 5.32 Å². The van der Waals surface area contributed by atoms with Gasteiger partial charge in [0, 0.05) is 14.9 Å². The van der Waals surface area contributed by atoms with Crippen molar-refractivity contribution in [2.24, 2.45) is 0 Å². The summed E-state index contributed by atoms with van der Waals surface area (Å²) in [5, 5.41) is 7.17. The quantitative estimate of drug-likeness (QED) is 0.738. The molecule has 0 atom stereocenters. The van der Waals surface area contributed by atoms with Crippen LogP contribution >= 0.6 is 27.3 Å². The van der Waals surface area contributed by atoms with E-state index in [4.69, 9.17) is 0 Å². The summed E-state index contributed by atoms with van der Waals surface area (Å²) in [4.78, 5) is 13.3. The predicted molar refractivity (Wildman–Crippen MR) is 87.1 cm³/mol. The third kappa shape index (κ3) is 2.76. The topological polar surface area (TPSA) is 29.1 Å². The van der Waals surface area contributed by atoms with Crippen LogP contribution in [0.3, 0.4) is 0 Å². The number of carbonyl (C=O) groups is 1. The molecular formula is C16H12BrNOS. The van der Waals surface area contributed by atoms with E-state index in [-0.39, 0.29) is 5.91 Å². The molecular weight excluding hydrogens is 334 g/mol. The number of hydrogen-bond acceptors (Lipinski definition) is 2. The molecule has 0 radical (unpaired) electrons. The molecule has 100 valence electrons. The Labute approximate surface area is 129 Å². The van der Waals surface area contributed by atoms with Crippen molar-refractivity contribution in [1.29, 1.82) is 0 Å². The lowest BCUT2D eigenvalue weighted by molar-refractivity contribution is 0.0951. The number of halogens is 1. The van der Waals surface area contributed by atoms with E-state index in [9.17, 15) is 4.79 Å². The van der Waals surface area contributed by atoms with Crippen LogP contribution in [-0.2, 0) is 6.54 Å². The molecule has 2 nitrogen and oxygen atoms in total. The minimum atomic E-state index is -0.0453. The van der Waals surface area contributed by atoms with Gasteiger partial charge in [-0.3, -0.25) is 4.79 Å². The Morgan fingerprint density at radius 3 is 2.65 bits per heavy atom. The summed E-state index contributed by atoms with van der Waals surface area (Å²) in [6, 6.07) is 15.8. The first-order valence-electron chi connectivity index (χ1n) is 6.23. The van der Waals surface area contributed by atoms with Crippen LogP contribution in [0.1, 0.15) is 15.2 Å². The molecule has 3 aromatic rings. The van der Waals surface area contributed by atoms with E-state index >= 15 is 0 Å². The minimum absolute atomic E-state index is 0.0453. The molecule has 1 amide bonds. The lowest BCUT2D eigenvalue weighted by Gasteiger charge is -2.06. The summed E-state index contributed by atoms with van der Waals surface area (Å²) < 4.78 is 1.04. The predicted octanol–water partition coefficient (Wildman–Crippen LogP) is 4.59. The van der Waals surface area contributed by atoms with Gasteiger partial charge in [-0.2, -0.15) is 0 Å². The highest BCUT2D eigenvalue weighted by molar-refractivity contribution is 9.10. The zero-order valence-electron chi connectivity index (χ0n) is 10.6. The molecule has 20 heavy (non-hydrogen) atoms. The third-order valence-electron chi connectivity index (χ3n) is 3.11. The number of amides is 1. The van der Waals surface area contributed by atoms with E-state index in [0.717, 1.165) is 20.1 Å². The second-order valence-corrected chi connectivity index (χ2v) is 6.29. The molecule has 0 fully saturated rings. The van der Waals surface area contributed by atoms with Crippen molar-refractivity contribution < 1.29 is 4.79 Å². The van der Waals surface area contributed by atoms with Crippen molar-refractivity contribution in [3.63, 3.8) is 0 Å². The van der Waals surface area contributed by atoms with E-state index in [1.54, 1.807) is 11.3 Å². The molecule has 0 saturated carbocycles. The molecule has 0 spiro atoms. The van der Waals surface area contributed by atoms with E-state index in [0.29, 0.717) is 12.1 Å². The molecule has 2 aromatic carbocycles. The molecule has 1 N–H and O–H groups in total. The van der Waals surface area contributed by atoms with Crippen LogP contribution in [0.25, 0.3) is 10.8 Å². The highest BCUT2D eigenvalue weighted by Gasteiger charge is 2.08. The molecule has 0 aliphatic rings. The fraction of sp³-hybridized carbons (Fsp3) is 0.0625. The van der Waals surface area contributed by atoms with Gasteiger partial charge in [0.25, 0.3) is 5.91 Å². The average Bonchev–Trinajstić information content (AvgIpc) is 2.89. The van der Waals surface area contributed by atoms with Crippen LogP contribution in [0.15, 0.2) is 58.4 Å². The summed E-state index contributed by atoms with van der Waals surface area (Å²) in [5.74, 6) is -0.0453. The molecule has 0 bridgehead atoms. The number of rotatable bonds is 3. The summed E-state index contributed by atoms with van der Waals surface area (Å²) in [7, 11) is 0. The van der Waals surface area contributed by atoms with Gasteiger partial charge < -0.3 is 5.32 Å². The molecule has 0 aliphatic carbocycles. The van der Waals surface area contributed by atoms with Crippen LogP contribution < -0.4 is 5.32 Å². The first-order valence-corrected chi connectivity index (χ1v) is 7.90. The number of thiophene rings is 1. The van der Waals surface area contributed by atoms with E-state index < -0.39 is 0 Å². The van der Waals surface area contributed by atoms with Crippen molar-refractivity contribution in [3.05, 3.63) is 68.8 Å². The fourth-order valence-corrected chi connectivity index (χ4v) is 3.48. The van der Waals surface area contributed by atoms with Gasteiger partial charge in [-0.25, -0.2) is 0 Å². The van der Waals surface area contributed by atoms with Gasteiger partial charge in [-0.15, -0.1) is 11.3 Å². The van der Waals surface area contributed by atoms with Gasteiger partial charge in [0.05, 0.1) is 6.54 Å². The van der Waals surface area contributed by atoms with Crippen LogP contribution in [-0.4, -0.2) is 5.91 Å². The lowest BCUT2D eigenvalue weighted by Crippen LogP contribution is -2.22. The Balaban J connectivity index is 1.77. The smallest absolute Gasteiger partial charge is 0.251 e. The standard InChI is InChI=1S/C16H12BrNOS/c17-14-7-8-20-15(14)10-18-16(19)13-6-5-11-3-1-2-4-12(11)9-13/h1-9H,10H2,(H,18,19). The van der Waals surface area contributed by atoms with Gasteiger partial charge in [0.1, 0.15) is 0 Å². The third-order valence-corrected chi connectivity index (χ3v) is 5.04. The normalized spacial score (nSPS) is 10.7. The Hall–Kier alpha value is -1.65. The highest BCUT2D eigenvalue weighted by atomic mass is 79.9. The number of fused-ring (bicyclic) bond motifs is 1. The average molecular weight is 346 g/mol. The van der Waals surface area contributed by atoms with Gasteiger partial charge >= 0.3 is 0 Å². The summed E-state index contributed by atoms with van der Waals surface area (Å²) in [6.07, 6.45) is 0. The van der Waals surface area contributed by atoms with E-state index in [1.165, 1.54) is 0 Å². The maximum atomic E-state index is 12.2. The van der Waals surface area contributed by atoms with Gasteiger partial charge in [-0.05, 0) is 50.3 Å². The first kappa shape index (κ1) is 13.3. The van der Waals surface area contributed by atoms with Crippen LogP contribution in [0.2, 0.25) is 0 Å². The molecule has 4 heteroatoms. The molecule has 3 rings (SSSR count). The molecule has 0 saturated heterocycles. The van der Waals surface area contributed by atoms with Crippen LogP contribution in [0, 0.1) is 0 Å². The number of benzene rings is 2. The molecule has 0 aliphatic heterocycles. The highest BCUT2D eigenvalue weighted by Crippen LogP contribution is 2.22. The lowest BCUT2D eigenvalue weighted by atomic mass is 10.1. The Bertz CT molecular complexity index is 766. The summed E-state index contributed by atoms with van der Waals surface area (Å²) in [5.41, 5.74) is 0.691. The molecule has 0 unspecified atom stereocenters. The summed E-state index contributed by atoms with van der Waals surface area (Å²) in [6.45, 7) is 0.546. The largest absolute Gasteiger partial charge is 0.347 e. The number of carbonyl (C=O) groups excluding carboxylic acids is 1. The Morgan fingerprint density at radius 2 is 1.90 bits per heavy atom. The maximum absolute atomic E-state index is 12.2. The van der Waals surface area contributed by atoms with Gasteiger partial charge in [0.15, 0.2) is 0 Å². The Morgan fingerprint density at radius 1 is 1.10 bits per heavy atom. The van der Waals surface area contributed by atoms with E-state index in [1.807, 2.05) is 53.9 Å². The van der Waals surface area contributed by atoms with Gasteiger partial charge in [0.2, 0.25) is 0 Å². The van der Waals surface area contributed by atoms with Crippen molar-refractivity contribution in [3.8, 4) is 0 Å². The fourth-order valence-electron chi connectivity index (χ4n) is 2.04. The van der Waals surface area contributed by atoms with Crippen molar-refractivity contribution >= 4 is 43.9 Å². The maximum Gasteiger partial charge on any atom is 0.251 e. The monoisotopic (exact) mass is 345 g/mol. The zero-order valence-corrected chi connectivity index (χ0v) is 13.0.